The first-order valence-electron chi connectivity index (χ1n) is 8.81. The Morgan fingerprint density at radius 2 is 2.14 bits per heavy atom. The lowest BCUT2D eigenvalue weighted by molar-refractivity contribution is 0.0964. The van der Waals surface area contributed by atoms with Crippen LogP contribution in [0, 0.1) is 0 Å². The van der Waals surface area contributed by atoms with Crippen molar-refractivity contribution in [3.63, 3.8) is 0 Å². The van der Waals surface area contributed by atoms with Gasteiger partial charge in [0.1, 0.15) is 0 Å². The Morgan fingerprint density at radius 1 is 1.25 bits per heavy atom. The van der Waals surface area contributed by atoms with Crippen LogP contribution in [0.5, 0.6) is 0 Å². The summed E-state index contributed by atoms with van der Waals surface area (Å²) in [6.45, 7) is 0.868. The molecular weight excluding hydrogens is 465 g/mol. The first kappa shape index (κ1) is 18.7. The van der Waals surface area contributed by atoms with Crippen molar-refractivity contribution >= 4 is 41.6 Å². The van der Waals surface area contributed by atoms with E-state index in [1.165, 1.54) is 5.57 Å². The van der Waals surface area contributed by atoms with Crippen molar-refractivity contribution in [3.8, 4) is 11.1 Å². The Kier molecular flexibility index (Phi) is 5.45. The second kappa shape index (κ2) is 8.15. The van der Waals surface area contributed by atoms with E-state index < -0.39 is 0 Å². The van der Waals surface area contributed by atoms with Crippen molar-refractivity contribution in [2.24, 2.45) is 0 Å². The zero-order chi connectivity index (χ0) is 19.5. The zero-order valence-electron chi connectivity index (χ0n) is 15.6. The van der Waals surface area contributed by atoms with Crippen molar-refractivity contribution in [1.82, 2.24) is 25.4 Å². The third-order valence-electron chi connectivity index (χ3n) is 4.25. The van der Waals surface area contributed by atoms with Gasteiger partial charge in [0, 0.05) is 35.6 Å². The molecule has 0 radical (unpaired) electrons. The van der Waals surface area contributed by atoms with Crippen LogP contribution in [0.1, 0.15) is 10.5 Å². The van der Waals surface area contributed by atoms with Crippen molar-refractivity contribution in [1.29, 1.82) is 0 Å². The quantitative estimate of drug-likeness (QED) is 0.543. The average Bonchev–Trinajstić information content (AvgIpc) is 3.12. The van der Waals surface area contributed by atoms with E-state index in [4.69, 9.17) is 0 Å². The standard InChI is InChI=1S/C21H20IN5O/c1-27(2)13-14-8-17(11-22-10-14)24-21(28)20-18-9-15(5-6-19(18)25-26-20)16-4-3-7-23-12-16/h3-12H,13H2,1-2H3,(H,24,28)(H,25,26). The number of allylic oxidation sites excluding steroid dienone is 1. The minimum atomic E-state index is -0.202. The van der Waals surface area contributed by atoms with Crippen LogP contribution in [-0.2, 0) is 0 Å². The van der Waals surface area contributed by atoms with E-state index in [-0.39, 0.29) is 26.6 Å². The van der Waals surface area contributed by atoms with Gasteiger partial charge in [-0.15, -0.1) is 0 Å². The summed E-state index contributed by atoms with van der Waals surface area (Å²) in [6, 6.07) is 9.82. The summed E-state index contributed by atoms with van der Waals surface area (Å²) >= 11 is -0.191. The number of carbonyl (C=O) groups excluding carboxylic acids is 1. The van der Waals surface area contributed by atoms with E-state index in [2.05, 4.69) is 33.5 Å². The molecule has 4 rings (SSSR count). The molecule has 7 heteroatoms. The summed E-state index contributed by atoms with van der Waals surface area (Å²) in [5, 5.41) is 11.0. The molecule has 28 heavy (non-hydrogen) atoms. The number of halogens is 1. The highest BCUT2D eigenvalue weighted by Crippen LogP contribution is 2.25. The molecule has 6 nitrogen and oxygen atoms in total. The Bertz CT molecular complexity index is 1110. The third-order valence-corrected chi connectivity index (χ3v) is 6.44. The second-order valence-corrected chi connectivity index (χ2v) is 8.75. The van der Waals surface area contributed by atoms with Gasteiger partial charge in [0.15, 0.2) is 5.69 Å². The van der Waals surface area contributed by atoms with Gasteiger partial charge in [0.2, 0.25) is 0 Å². The number of carbonyl (C=O) groups is 1. The number of pyridine rings is 1. The lowest BCUT2D eigenvalue weighted by Crippen LogP contribution is -2.24. The SMILES string of the molecule is CN(C)CC1=CC(NC(=O)c2n[nH]c3ccc(-c4cccnc4)cc23)=CI=C1. The first-order valence-corrected chi connectivity index (χ1v) is 11.3. The molecule has 0 saturated carbocycles. The Hall–Kier alpha value is -2.65. The van der Waals surface area contributed by atoms with Crippen LogP contribution in [0.3, 0.4) is 0 Å². The van der Waals surface area contributed by atoms with Crippen LogP contribution in [0.25, 0.3) is 22.0 Å². The second-order valence-electron chi connectivity index (χ2n) is 6.78. The number of hydrogen-bond donors (Lipinski definition) is 2. The molecule has 3 aromatic rings. The largest absolute Gasteiger partial charge is 0.320 e. The van der Waals surface area contributed by atoms with Gasteiger partial charge in [-0.1, -0.05) is 32.9 Å². The number of hydrogen-bond acceptors (Lipinski definition) is 4. The number of nitrogens with one attached hydrogen (secondary N) is 2. The van der Waals surface area contributed by atoms with Crippen molar-refractivity contribution in [3.05, 3.63) is 69.8 Å². The number of aromatic nitrogens is 3. The van der Waals surface area contributed by atoms with E-state index in [0.29, 0.717) is 5.69 Å². The van der Waals surface area contributed by atoms with E-state index >= 15 is 0 Å². The van der Waals surface area contributed by atoms with Crippen molar-refractivity contribution < 1.29 is 4.79 Å². The Morgan fingerprint density at radius 3 is 2.93 bits per heavy atom. The predicted octanol–water partition coefficient (Wildman–Crippen LogP) is 3.47. The fourth-order valence-corrected chi connectivity index (χ4v) is 4.78. The molecule has 0 unspecified atom stereocenters. The summed E-state index contributed by atoms with van der Waals surface area (Å²) in [5.74, 6) is -0.202. The van der Waals surface area contributed by atoms with Gasteiger partial charge in [-0.25, -0.2) is 0 Å². The molecule has 0 saturated heterocycles. The molecule has 1 aliphatic heterocycles. The van der Waals surface area contributed by atoms with Gasteiger partial charge < -0.3 is 10.2 Å². The Balaban J connectivity index is 1.60. The van der Waals surface area contributed by atoms with Gasteiger partial charge in [0.05, 0.1) is 5.52 Å². The number of rotatable bonds is 5. The van der Waals surface area contributed by atoms with Gasteiger partial charge >= 0.3 is 0 Å². The molecule has 142 valence electrons. The van der Waals surface area contributed by atoms with Gasteiger partial charge in [-0.3, -0.25) is 14.9 Å². The highest BCUT2D eigenvalue weighted by atomic mass is 127. The molecule has 3 heterocycles. The van der Waals surface area contributed by atoms with Crippen LogP contribution in [0.4, 0.5) is 0 Å². The van der Waals surface area contributed by atoms with Gasteiger partial charge in [-0.05, 0) is 57.6 Å². The van der Waals surface area contributed by atoms with Gasteiger partial charge in [0.25, 0.3) is 5.91 Å². The number of aromatic amines is 1. The van der Waals surface area contributed by atoms with Crippen LogP contribution in [0.15, 0.2) is 64.2 Å². The lowest BCUT2D eigenvalue weighted by Gasteiger charge is -2.14. The van der Waals surface area contributed by atoms with Gasteiger partial charge in [-0.2, -0.15) is 5.10 Å². The van der Waals surface area contributed by atoms with Crippen molar-refractivity contribution in [2.75, 3.05) is 20.6 Å². The van der Waals surface area contributed by atoms with E-state index in [1.807, 2.05) is 56.7 Å². The van der Waals surface area contributed by atoms with E-state index in [0.717, 1.165) is 34.3 Å². The summed E-state index contributed by atoms with van der Waals surface area (Å²) in [7, 11) is 4.08. The summed E-state index contributed by atoms with van der Waals surface area (Å²) in [6.07, 6.45) is 5.59. The molecule has 0 atom stereocenters. The van der Waals surface area contributed by atoms with Crippen LogP contribution in [-0.4, -0.2) is 50.6 Å². The van der Waals surface area contributed by atoms with E-state index in [9.17, 15) is 4.79 Å². The molecule has 0 aliphatic carbocycles. The smallest absolute Gasteiger partial charge is 0.276 e. The normalized spacial score (nSPS) is 13.8. The maximum absolute atomic E-state index is 12.9. The number of amides is 1. The van der Waals surface area contributed by atoms with Crippen LogP contribution < -0.4 is 5.32 Å². The molecule has 0 bridgehead atoms. The topological polar surface area (TPSA) is 73.9 Å². The highest BCUT2D eigenvalue weighted by Gasteiger charge is 2.16. The maximum Gasteiger partial charge on any atom is 0.276 e. The molecule has 1 aromatic carbocycles. The summed E-state index contributed by atoms with van der Waals surface area (Å²) in [5.41, 5.74) is 5.33. The number of fused-ring (bicyclic) bond motifs is 1. The minimum absolute atomic E-state index is 0.191. The number of benzene rings is 1. The maximum atomic E-state index is 12.9. The molecule has 2 aromatic heterocycles. The molecular formula is C21H20IN5O. The molecule has 2 N–H and O–H groups in total. The minimum Gasteiger partial charge on any atom is -0.320 e. The number of H-pyrrole nitrogens is 1. The fourth-order valence-electron chi connectivity index (χ4n) is 3.04. The predicted molar refractivity (Wildman–Crippen MR) is 122 cm³/mol. The van der Waals surface area contributed by atoms with Crippen LogP contribution >= 0.6 is 20.7 Å². The molecule has 1 aliphatic rings. The summed E-state index contributed by atoms with van der Waals surface area (Å²) in [4.78, 5) is 19.2. The van der Waals surface area contributed by atoms with Crippen LogP contribution in [0.2, 0.25) is 0 Å². The van der Waals surface area contributed by atoms with E-state index in [1.54, 1.807) is 6.20 Å². The number of nitrogens with zero attached hydrogens (tertiary/aromatic N) is 3. The Labute approximate surface area is 173 Å². The summed E-state index contributed by atoms with van der Waals surface area (Å²) < 4.78 is 4.39. The molecule has 1 amide bonds. The third kappa shape index (κ3) is 4.10. The lowest BCUT2D eigenvalue weighted by atomic mass is 10.0. The van der Waals surface area contributed by atoms with Crippen molar-refractivity contribution in [2.45, 2.75) is 0 Å². The fraction of sp³-hybridized carbons (Fsp3) is 0.143. The first-order chi connectivity index (χ1) is 13.6. The highest BCUT2D eigenvalue weighted by molar-refractivity contribution is 14.2. The molecule has 0 fully saturated rings. The monoisotopic (exact) mass is 485 g/mol. The molecule has 0 spiro atoms. The average molecular weight is 485 g/mol. The zero-order valence-corrected chi connectivity index (χ0v) is 17.8. The number of likely N-dealkylation sites (N-methyl/N-ethyl adjacent to an activating group) is 1.